The fourth-order valence-corrected chi connectivity index (χ4v) is 4.47. The molecule has 1 aromatic carbocycles. The van der Waals surface area contributed by atoms with Gasteiger partial charge in [0.2, 0.25) is 0 Å². The van der Waals surface area contributed by atoms with Gasteiger partial charge in [0.15, 0.2) is 9.84 Å². The van der Waals surface area contributed by atoms with Crippen LogP contribution < -0.4 is 0 Å². The van der Waals surface area contributed by atoms with E-state index in [9.17, 15) is 13.2 Å². The standard InChI is InChI=1S/C14H14O4S2/c1-2-11-6-7-12(19-11)9-20(17,18)13-5-3-4-10(8-13)14(15)16/h3-8H,2,9H2,1H3,(H,15,16). The molecule has 0 radical (unpaired) electrons. The Morgan fingerprint density at radius 3 is 2.50 bits per heavy atom. The van der Waals surface area contributed by atoms with Crippen molar-refractivity contribution >= 4 is 27.1 Å². The Morgan fingerprint density at radius 1 is 1.20 bits per heavy atom. The number of aromatic carboxylic acids is 1. The lowest BCUT2D eigenvalue weighted by atomic mass is 10.2. The quantitative estimate of drug-likeness (QED) is 0.921. The second-order valence-electron chi connectivity index (χ2n) is 4.31. The minimum atomic E-state index is -3.52. The van der Waals surface area contributed by atoms with Crippen LogP contribution in [0.15, 0.2) is 41.3 Å². The summed E-state index contributed by atoms with van der Waals surface area (Å²) < 4.78 is 24.6. The molecule has 0 saturated carbocycles. The molecule has 106 valence electrons. The average Bonchev–Trinajstić information content (AvgIpc) is 2.86. The minimum Gasteiger partial charge on any atom is -0.478 e. The van der Waals surface area contributed by atoms with Crippen molar-refractivity contribution in [2.75, 3.05) is 0 Å². The van der Waals surface area contributed by atoms with Gasteiger partial charge in [-0.15, -0.1) is 11.3 Å². The lowest BCUT2D eigenvalue weighted by Crippen LogP contribution is -2.06. The molecule has 0 fully saturated rings. The predicted molar refractivity (Wildman–Crippen MR) is 78.0 cm³/mol. The monoisotopic (exact) mass is 310 g/mol. The molecule has 0 unspecified atom stereocenters. The van der Waals surface area contributed by atoms with E-state index in [2.05, 4.69) is 0 Å². The highest BCUT2D eigenvalue weighted by Gasteiger charge is 2.18. The molecule has 0 aliphatic heterocycles. The minimum absolute atomic E-state index is 0.0218. The maximum atomic E-state index is 12.3. The summed E-state index contributed by atoms with van der Waals surface area (Å²) in [5, 5.41) is 8.91. The summed E-state index contributed by atoms with van der Waals surface area (Å²) in [6.45, 7) is 2.01. The second kappa shape index (κ2) is 5.76. The van der Waals surface area contributed by atoms with Crippen LogP contribution in [-0.2, 0) is 22.0 Å². The topological polar surface area (TPSA) is 71.4 Å². The van der Waals surface area contributed by atoms with Crippen molar-refractivity contribution in [2.45, 2.75) is 24.0 Å². The van der Waals surface area contributed by atoms with E-state index >= 15 is 0 Å². The van der Waals surface area contributed by atoms with E-state index in [1.807, 2.05) is 19.1 Å². The van der Waals surface area contributed by atoms with E-state index in [1.54, 1.807) is 0 Å². The van der Waals surface area contributed by atoms with Gasteiger partial charge in [0.25, 0.3) is 0 Å². The molecule has 6 heteroatoms. The van der Waals surface area contributed by atoms with Crippen molar-refractivity contribution in [3.63, 3.8) is 0 Å². The molecule has 0 spiro atoms. The van der Waals surface area contributed by atoms with Crippen LogP contribution in [0.2, 0.25) is 0 Å². The van der Waals surface area contributed by atoms with Gasteiger partial charge in [0.1, 0.15) is 0 Å². The fraction of sp³-hybridized carbons (Fsp3) is 0.214. The third-order valence-electron chi connectivity index (χ3n) is 2.84. The number of thiophene rings is 1. The van der Waals surface area contributed by atoms with Crippen molar-refractivity contribution in [1.82, 2.24) is 0 Å². The number of hydrogen-bond donors (Lipinski definition) is 1. The Labute approximate surface area is 121 Å². The summed E-state index contributed by atoms with van der Waals surface area (Å²) in [5.41, 5.74) is -0.0218. The van der Waals surface area contributed by atoms with E-state index in [0.717, 1.165) is 16.2 Å². The summed E-state index contributed by atoms with van der Waals surface area (Å²) in [6.07, 6.45) is 0.874. The van der Waals surface area contributed by atoms with E-state index in [0.29, 0.717) is 0 Å². The van der Waals surface area contributed by atoms with Gasteiger partial charge in [-0.3, -0.25) is 0 Å². The Morgan fingerprint density at radius 2 is 1.90 bits per heavy atom. The van der Waals surface area contributed by atoms with E-state index in [1.165, 1.54) is 35.6 Å². The van der Waals surface area contributed by atoms with Gasteiger partial charge in [0, 0.05) is 9.75 Å². The summed E-state index contributed by atoms with van der Waals surface area (Å²) in [4.78, 5) is 12.8. The molecule has 1 N–H and O–H groups in total. The summed E-state index contributed by atoms with van der Waals surface area (Å²) in [7, 11) is -3.52. The number of benzene rings is 1. The van der Waals surface area contributed by atoms with Crippen molar-refractivity contribution < 1.29 is 18.3 Å². The number of carboxylic acid groups (broad SMARTS) is 1. The number of rotatable bonds is 5. The van der Waals surface area contributed by atoms with E-state index in [-0.39, 0.29) is 16.2 Å². The molecule has 1 heterocycles. The Kier molecular flexibility index (Phi) is 4.25. The van der Waals surface area contributed by atoms with Crippen LogP contribution >= 0.6 is 11.3 Å². The first-order valence-corrected chi connectivity index (χ1v) is 8.53. The highest BCUT2D eigenvalue weighted by atomic mass is 32.2. The molecular formula is C14H14O4S2. The molecule has 20 heavy (non-hydrogen) atoms. The predicted octanol–water partition coefficient (Wildman–Crippen LogP) is 2.98. The first-order chi connectivity index (χ1) is 9.42. The Hall–Kier alpha value is -1.66. The van der Waals surface area contributed by atoms with Crippen LogP contribution in [0, 0.1) is 0 Å². The number of sulfone groups is 1. The maximum Gasteiger partial charge on any atom is 0.335 e. The third kappa shape index (κ3) is 3.26. The highest BCUT2D eigenvalue weighted by molar-refractivity contribution is 7.90. The molecule has 1 aromatic heterocycles. The lowest BCUT2D eigenvalue weighted by Gasteiger charge is -2.04. The van der Waals surface area contributed by atoms with Crippen molar-refractivity contribution in [1.29, 1.82) is 0 Å². The lowest BCUT2D eigenvalue weighted by molar-refractivity contribution is 0.0696. The van der Waals surface area contributed by atoms with Crippen molar-refractivity contribution in [2.24, 2.45) is 0 Å². The highest BCUT2D eigenvalue weighted by Crippen LogP contribution is 2.23. The fourth-order valence-electron chi connectivity index (χ4n) is 1.78. The van der Waals surface area contributed by atoms with Crippen LogP contribution in [0.5, 0.6) is 0 Å². The average molecular weight is 310 g/mol. The maximum absolute atomic E-state index is 12.3. The Bertz CT molecular complexity index is 729. The molecule has 0 saturated heterocycles. The first kappa shape index (κ1) is 14.7. The van der Waals surface area contributed by atoms with Gasteiger partial charge in [-0.1, -0.05) is 13.0 Å². The zero-order valence-corrected chi connectivity index (χ0v) is 12.5. The largest absolute Gasteiger partial charge is 0.478 e. The SMILES string of the molecule is CCc1ccc(CS(=O)(=O)c2cccc(C(=O)O)c2)s1. The second-order valence-corrected chi connectivity index (χ2v) is 7.56. The summed E-state index contributed by atoms with van der Waals surface area (Å²) in [5.74, 6) is -1.23. The summed E-state index contributed by atoms with van der Waals surface area (Å²) in [6, 6.07) is 9.18. The number of carboxylic acids is 1. The normalized spacial score (nSPS) is 11.4. The molecule has 0 bridgehead atoms. The van der Waals surface area contributed by atoms with Gasteiger partial charge in [-0.25, -0.2) is 13.2 Å². The van der Waals surface area contributed by atoms with Gasteiger partial charge in [-0.2, -0.15) is 0 Å². The zero-order chi connectivity index (χ0) is 14.8. The number of aryl methyl sites for hydroxylation is 1. The van der Waals surface area contributed by atoms with E-state index < -0.39 is 15.8 Å². The zero-order valence-electron chi connectivity index (χ0n) is 10.9. The van der Waals surface area contributed by atoms with Crippen LogP contribution in [0.25, 0.3) is 0 Å². The van der Waals surface area contributed by atoms with Gasteiger partial charge in [-0.05, 0) is 36.8 Å². The summed E-state index contributed by atoms with van der Waals surface area (Å²) >= 11 is 1.47. The van der Waals surface area contributed by atoms with E-state index in [4.69, 9.17) is 5.11 Å². The number of hydrogen-bond acceptors (Lipinski definition) is 4. The molecule has 0 amide bonds. The number of carbonyl (C=O) groups is 1. The molecule has 2 rings (SSSR count). The molecular weight excluding hydrogens is 296 g/mol. The molecule has 0 aliphatic rings. The molecule has 0 atom stereocenters. The molecule has 4 nitrogen and oxygen atoms in total. The first-order valence-electron chi connectivity index (χ1n) is 6.06. The Balaban J connectivity index is 2.30. The van der Waals surface area contributed by atoms with Crippen molar-refractivity contribution in [3.8, 4) is 0 Å². The van der Waals surface area contributed by atoms with Crippen LogP contribution in [0.1, 0.15) is 27.0 Å². The van der Waals surface area contributed by atoms with Gasteiger partial charge in [0.05, 0.1) is 16.2 Å². The van der Waals surface area contributed by atoms with Crippen LogP contribution in [-0.4, -0.2) is 19.5 Å². The van der Waals surface area contributed by atoms with Gasteiger partial charge < -0.3 is 5.11 Å². The molecule has 2 aromatic rings. The van der Waals surface area contributed by atoms with Crippen molar-refractivity contribution in [3.05, 3.63) is 51.7 Å². The smallest absolute Gasteiger partial charge is 0.335 e. The third-order valence-corrected chi connectivity index (χ3v) is 5.91. The molecule has 0 aliphatic carbocycles. The van der Waals surface area contributed by atoms with Gasteiger partial charge >= 0.3 is 5.97 Å². The van der Waals surface area contributed by atoms with Crippen LogP contribution in [0.4, 0.5) is 0 Å². The van der Waals surface area contributed by atoms with Crippen LogP contribution in [0.3, 0.4) is 0 Å².